The van der Waals surface area contributed by atoms with Crippen molar-refractivity contribution in [1.29, 1.82) is 0 Å². The van der Waals surface area contributed by atoms with Crippen molar-refractivity contribution in [3.63, 3.8) is 0 Å². The second kappa shape index (κ2) is 8.44. The molecule has 0 aliphatic rings. The first-order valence-corrected chi connectivity index (χ1v) is 10.5. The van der Waals surface area contributed by atoms with E-state index in [4.69, 9.17) is 11.6 Å². The zero-order valence-corrected chi connectivity index (χ0v) is 17.7. The topological polar surface area (TPSA) is 110 Å². The predicted octanol–water partition coefficient (Wildman–Crippen LogP) is 3.10. The van der Waals surface area contributed by atoms with Crippen molar-refractivity contribution >= 4 is 39.1 Å². The molecule has 2 N–H and O–H groups in total. The Labute approximate surface area is 180 Å². The summed E-state index contributed by atoms with van der Waals surface area (Å²) >= 11 is 5.99. The quantitative estimate of drug-likeness (QED) is 0.598. The van der Waals surface area contributed by atoms with Gasteiger partial charge < -0.3 is 9.88 Å². The summed E-state index contributed by atoms with van der Waals surface area (Å²) in [4.78, 5) is 27.0. The van der Waals surface area contributed by atoms with Gasteiger partial charge in [-0.15, -0.1) is 0 Å². The summed E-state index contributed by atoms with van der Waals surface area (Å²) in [5, 5.41) is 2.21. The lowest BCUT2D eigenvalue weighted by molar-refractivity contribution is -0.114. The van der Waals surface area contributed by atoms with Gasteiger partial charge >= 0.3 is 0 Å². The molecule has 162 valence electrons. The third-order valence-corrected chi connectivity index (χ3v) is 5.88. The number of hydrogen-bond donors (Lipinski definition) is 2. The van der Waals surface area contributed by atoms with Gasteiger partial charge in [-0.2, -0.15) is 0 Å². The highest BCUT2D eigenvalue weighted by Crippen LogP contribution is 2.27. The zero-order chi connectivity index (χ0) is 22.9. The van der Waals surface area contributed by atoms with E-state index in [1.807, 2.05) is 4.72 Å². The molecule has 0 atom stereocenters. The van der Waals surface area contributed by atoms with E-state index in [1.54, 1.807) is 0 Å². The third kappa shape index (κ3) is 4.72. The summed E-state index contributed by atoms with van der Waals surface area (Å²) in [6.45, 7) is 1.27. The van der Waals surface area contributed by atoms with Crippen LogP contribution in [0, 0.1) is 11.6 Å². The predicted molar refractivity (Wildman–Crippen MR) is 109 cm³/mol. The molecule has 8 nitrogen and oxygen atoms in total. The molecular weight excluding hydrogens is 454 g/mol. The normalized spacial score (nSPS) is 11.3. The van der Waals surface area contributed by atoms with Gasteiger partial charge in [0.05, 0.1) is 10.6 Å². The molecule has 0 radical (unpaired) electrons. The maximum Gasteiger partial charge on any atom is 0.285 e. The number of nitrogens with one attached hydrogen (secondary N) is 2. The van der Waals surface area contributed by atoms with Crippen molar-refractivity contribution in [3.8, 4) is 11.4 Å². The van der Waals surface area contributed by atoms with Crippen LogP contribution >= 0.6 is 11.6 Å². The van der Waals surface area contributed by atoms with Crippen molar-refractivity contribution in [2.75, 3.05) is 5.32 Å². The Balaban J connectivity index is 1.89. The summed E-state index contributed by atoms with van der Waals surface area (Å²) in [6, 6.07) is 6.86. The number of aromatic nitrogens is 2. The van der Waals surface area contributed by atoms with E-state index in [0.717, 1.165) is 24.4 Å². The fourth-order valence-corrected chi connectivity index (χ4v) is 4.26. The van der Waals surface area contributed by atoms with Crippen LogP contribution in [-0.4, -0.2) is 29.8 Å². The van der Waals surface area contributed by atoms with Gasteiger partial charge in [-0.05, 0) is 30.3 Å². The Bertz CT molecular complexity index is 1290. The lowest BCUT2D eigenvalue weighted by Crippen LogP contribution is -2.31. The fraction of sp³-hybridized carbons (Fsp3) is 0.105. The van der Waals surface area contributed by atoms with Gasteiger partial charge in [-0.3, -0.25) is 9.59 Å². The van der Waals surface area contributed by atoms with Crippen molar-refractivity contribution in [2.45, 2.75) is 11.8 Å². The molecule has 31 heavy (non-hydrogen) atoms. The van der Waals surface area contributed by atoms with E-state index in [0.29, 0.717) is 0 Å². The van der Waals surface area contributed by atoms with E-state index in [1.165, 1.54) is 36.7 Å². The minimum atomic E-state index is -4.41. The Morgan fingerprint density at radius 1 is 1.13 bits per heavy atom. The lowest BCUT2D eigenvalue weighted by Gasteiger charge is -2.09. The summed E-state index contributed by atoms with van der Waals surface area (Å²) in [5.74, 6) is -3.48. The van der Waals surface area contributed by atoms with Crippen LogP contribution in [0.4, 0.5) is 14.5 Å². The summed E-state index contributed by atoms with van der Waals surface area (Å²) in [6.07, 6.45) is 1.13. The third-order valence-electron chi connectivity index (χ3n) is 4.06. The van der Waals surface area contributed by atoms with E-state index in [2.05, 4.69) is 10.3 Å². The zero-order valence-electron chi connectivity index (χ0n) is 16.1. The molecule has 3 aromatic rings. The van der Waals surface area contributed by atoms with Crippen LogP contribution in [0.5, 0.6) is 0 Å². The number of benzene rings is 2. The van der Waals surface area contributed by atoms with Crippen LogP contribution in [0.25, 0.3) is 11.4 Å². The standard InChI is InChI=1S/C19H15ClF2N4O4S/c1-10(27)23-11-6-7-16(12(20)8-11)31(29,30)25-19(28)15-9-26(2)18(24-15)17-13(21)4-3-5-14(17)22/h3-9H,1-2H3,(H,23,27)(H,25,28). The molecule has 12 heteroatoms. The maximum atomic E-state index is 14.0. The summed E-state index contributed by atoms with van der Waals surface area (Å²) < 4.78 is 56.3. The van der Waals surface area contributed by atoms with Crippen LogP contribution in [0.15, 0.2) is 47.5 Å². The summed E-state index contributed by atoms with van der Waals surface area (Å²) in [7, 11) is -3.01. The van der Waals surface area contributed by atoms with E-state index < -0.39 is 38.0 Å². The van der Waals surface area contributed by atoms with Crippen molar-refractivity contribution in [3.05, 3.63) is 64.9 Å². The Kier molecular flexibility index (Phi) is 6.09. The first-order valence-electron chi connectivity index (χ1n) is 8.61. The first-order chi connectivity index (χ1) is 14.5. The van der Waals surface area contributed by atoms with Gasteiger partial charge in [0.1, 0.15) is 28.0 Å². The monoisotopic (exact) mass is 468 g/mol. The van der Waals surface area contributed by atoms with E-state index in [9.17, 15) is 26.8 Å². The second-order valence-electron chi connectivity index (χ2n) is 6.42. The molecule has 0 spiro atoms. The lowest BCUT2D eigenvalue weighted by atomic mass is 10.2. The summed E-state index contributed by atoms with van der Waals surface area (Å²) in [5.41, 5.74) is -0.567. The molecule has 0 aliphatic carbocycles. The number of rotatable bonds is 5. The Hall–Kier alpha value is -3.31. The van der Waals surface area contributed by atoms with Gasteiger partial charge in [0, 0.05) is 25.9 Å². The molecule has 0 saturated carbocycles. The van der Waals surface area contributed by atoms with Gasteiger partial charge in [0.15, 0.2) is 0 Å². The number of imidazole rings is 1. The number of nitrogens with zero attached hydrogens (tertiary/aromatic N) is 2. The average Bonchev–Trinajstić information content (AvgIpc) is 3.02. The highest BCUT2D eigenvalue weighted by atomic mass is 35.5. The van der Waals surface area contributed by atoms with Crippen LogP contribution in [0.3, 0.4) is 0 Å². The Morgan fingerprint density at radius 2 is 1.77 bits per heavy atom. The van der Waals surface area contributed by atoms with Crippen molar-refractivity contribution < 1.29 is 26.8 Å². The Morgan fingerprint density at radius 3 is 2.35 bits per heavy atom. The van der Waals surface area contributed by atoms with Gasteiger partial charge in [0.25, 0.3) is 15.9 Å². The fourth-order valence-electron chi connectivity index (χ4n) is 2.75. The number of halogens is 3. The molecule has 0 unspecified atom stereocenters. The van der Waals surface area contributed by atoms with Crippen LogP contribution in [0.2, 0.25) is 5.02 Å². The van der Waals surface area contributed by atoms with Crippen LogP contribution in [0.1, 0.15) is 17.4 Å². The molecule has 2 aromatic carbocycles. The van der Waals surface area contributed by atoms with E-state index in [-0.39, 0.29) is 28.1 Å². The molecule has 3 rings (SSSR count). The molecule has 2 amide bonds. The minimum absolute atomic E-state index is 0.198. The average molecular weight is 469 g/mol. The highest BCUT2D eigenvalue weighted by molar-refractivity contribution is 7.90. The molecule has 0 bridgehead atoms. The second-order valence-corrected chi connectivity index (χ2v) is 8.48. The van der Waals surface area contributed by atoms with E-state index >= 15 is 0 Å². The SMILES string of the molecule is CC(=O)Nc1ccc(S(=O)(=O)NC(=O)c2cn(C)c(-c3c(F)cccc3F)n2)c(Cl)c1. The van der Waals surface area contributed by atoms with Crippen LogP contribution in [-0.2, 0) is 21.9 Å². The molecular formula is C19H15ClF2N4O4S. The van der Waals surface area contributed by atoms with Gasteiger partial charge in [-0.25, -0.2) is 26.9 Å². The number of carbonyl (C=O) groups excluding carboxylic acids is 2. The molecule has 0 fully saturated rings. The highest BCUT2D eigenvalue weighted by Gasteiger charge is 2.25. The molecule has 1 aromatic heterocycles. The maximum absolute atomic E-state index is 14.0. The van der Waals surface area contributed by atoms with Crippen LogP contribution < -0.4 is 10.0 Å². The number of carbonyl (C=O) groups is 2. The van der Waals surface area contributed by atoms with Gasteiger partial charge in [-0.1, -0.05) is 17.7 Å². The van der Waals surface area contributed by atoms with Gasteiger partial charge in [0.2, 0.25) is 5.91 Å². The minimum Gasteiger partial charge on any atom is -0.333 e. The molecule has 0 saturated heterocycles. The van der Waals surface area contributed by atoms with Crippen molar-refractivity contribution in [2.24, 2.45) is 7.05 Å². The number of hydrogen-bond acceptors (Lipinski definition) is 5. The number of anilines is 1. The molecule has 0 aliphatic heterocycles. The van der Waals surface area contributed by atoms with Crippen molar-refractivity contribution in [1.82, 2.24) is 14.3 Å². The largest absolute Gasteiger partial charge is 0.333 e. The molecule has 1 heterocycles. The first kappa shape index (κ1) is 22.4. The number of amides is 2. The smallest absolute Gasteiger partial charge is 0.285 e. The number of aryl methyl sites for hydroxylation is 1. The number of sulfonamides is 1.